The topological polar surface area (TPSA) is 74.5 Å². The monoisotopic (exact) mass is 269 g/mol. The fourth-order valence-corrected chi connectivity index (χ4v) is 2.55. The maximum absolute atomic E-state index is 11.3. The molecule has 2 atom stereocenters. The van der Waals surface area contributed by atoms with Crippen LogP contribution in [0.4, 0.5) is 0 Å². The van der Waals surface area contributed by atoms with Crippen LogP contribution in [0.15, 0.2) is 29.2 Å². The van der Waals surface area contributed by atoms with Crippen molar-refractivity contribution in [2.45, 2.75) is 24.0 Å². The molecule has 5 nitrogen and oxygen atoms in total. The molecule has 1 amide bonds. The minimum atomic E-state index is -3.22. The number of benzene rings is 1. The third-order valence-electron chi connectivity index (χ3n) is 3.07. The summed E-state index contributed by atoms with van der Waals surface area (Å²) in [5, 5.41) is 10.0. The molecule has 0 spiro atoms. The normalized spacial score (nSPS) is 20.6. The molecule has 2 unspecified atom stereocenters. The number of sulfone groups is 1. The minimum Gasteiger partial charge on any atom is -0.386 e. The first kappa shape index (κ1) is 13.0. The van der Waals surface area contributed by atoms with E-state index in [1.165, 1.54) is 19.1 Å². The average Bonchev–Trinajstić information content (AvgIpc) is 3.07. The summed E-state index contributed by atoms with van der Waals surface area (Å²) >= 11 is 0. The van der Waals surface area contributed by atoms with E-state index in [1.807, 2.05) is 0 Å². The van der Waals surface area contributed by atoms with E-state index in [9.17, 15) is 18.3 Å². The Balaban J connectivity index is 2.14. The smallest absolute Gasteiger partial charge is 0.219 e. The second-order valence-electron chi connectivity index (χ2n) is 4.52. The summed E-state index contributed by atoms with van der Waals surface area (Å²) in [6.07, 6.45) is 0.374. The Bertz CT molecular complexity index is 564. The Kier molecular flexibility index (Phi) is 3.16. The summed E-state index contributed by atoms with van der Waals surface area (Å²) in [7, 11) is -3.22. The van der Waals surface area contributed by atoms with Crippen molar-refractivity contribution in [2.75, 3.05) is 12.8 Å². The van der Waals surface area contributed by atoms with Gasteiger partial charge < -0.3 is 10.0 Å². The van der Waals surface area contributed by atoms with E-state index in [0.29, 0.717) is 12.1 Å². The molecule has 1 fully saturated rings. The molecular weight excluding hydrogens is 254 g/mol. The number of carbonyl (C=O) groups excluding carboxylic acids is 1. The van der Waals surface area contributed by atoms with E-state index in [1.54, 1.807) is 17.0 Å². The van der Waals surface area contributed by atoms with Crippen LogP contribution < -0.4 is 0 Å². The Hall–Kier alpha value is -1.40. The second-order valence-corrected chi connectivity index (χ2v) is 6.54. The molecule has 1 heterocycles. The van der Waals surface area contributed by atoms with Gasteiger partial charge in [0.05, 0.1) is 10.9 Å². The van der Waals surface area contributed by atoms with Gasteiger partial charge in [-0.05, 0) is 17.7 Å². The van der Waals surface area contributed by atoms with Crippen LogP contribution in [0.25, 0.3) is 0 Å². The molecule has 1 aliphatic rings. The quantitative estimate of drug-likeness (QED) is 0.804. The van der Waals surface area contributed by atoms with Crippen molar-refractivity contribution in [3.63, 3.8) is 0 Å². The molecule has 2 rings (SSSR count). The highest BCUT2D eigenvalue weighted by molar-refractivity contribution is 7.90. The van der Waals surface area contributed by atoms with Gasteiger partial charge in [0.25, 0.3) is 0 Å². The van der Waals surface area contributed by atoms with Crippen molar-refractivity contribution < 1.29 is 18.3 Å². The molecule has 1 N–H and O–H groups in total. The predicted octanol–water partition coefficient (Wildman–Crippen LogP) is 0.354. The zero-order chi connectivity index (χ0) is 13.5. The summed E-state index contributed by atoms with van der Waals surface area (Å²) in [6.45, 7) is 2.00. The third kappa shape index (κ3) is 2.54. The van der Waals surface area contributed by atoms with Gasteiger partial charge in [-0.2, -0.15) is 0 Å². The lowest BCUT2D eigenvalue weighted by molar-refractivity contribution is -0.124. The van der Waals surface area contributed by atoms with E-state index >= 15 is 0 Å². The number of rotatable bonds is 3. The van der Waals surface area contributed by atoms with Crippen molar-refractivity contribution in [1.82, 2.24) is 4.90 Å². The SMILES string of the molecule is CC(=O)N1CC1C(O)c1ccc(S(C)(=O)=O)cc1. The summed E-state index contributed by atoms with van der Waals surface area (Å²) in [6, 6.07) is 5.91. The summed E-state index contributed by atoms with van der Waals surface area (Å²) in [5.41, 5.74) is 0.621. The minimum absolute atomic E-state index is 0.0631. The average molecular weight is 269 g/mol. The molecular formula is C12H15NO4S. The number of aliphatic hydroxyl groups excluding tert-OH is 1. The molecule has 0 saturated carbocycles. The lowest BCUT2D eigenvalue weighted by atomic mass is 10.1. The van der Waals surface area contributed by atoms with Gasteiger partial charge in [0, 0.05) is 19.7 Å². The van der Waals surface area contributed by atoms with Crippen LogP contribution >= 0.6 is 0 Å². The second kappa shape index (κ2) is 4.37. The van der Waals surface area contributed by atoms with Gasteiger partial charge in [-0.3, -0.25) is 4.79 Å². The van der Waals surface area contributed by atoms with Gasteiger partial charge in [0.15, 0.2) is 9.84 Å². The molecule has 0 aromatic heterocycles. The van der Waals surface area contributed by atoms with E-state index in [2.05, 4.69) is 0 Å². The van der Waals surface area contributed by atoms with Crippen molar-refractivity contribution in [1.29, 1.82) is 0 Å². The largest absolute Gasteiger partial charge is 0.386 e. The number of hydrogen-bond donors (Lipinski definition) is 1. The highest BCUT2D eigenvalue weighted by atomic mass is 32.2. The lowest BCUT2D eigenvalue weighted by Crippen LogP contribution is -2.15. The number of nitrogens with zero attached hydrogens (tertiary/aromatic N) is 1. The van der Waals surface area contributed by atoms with E-state index in [0.717, 1.165) is 6.26 Å². The maximum Gasteiger partial charge on any atom is 0.219 e. The van der Waals surface area contributed by atoms with Gasteiger partial charge in [0.1, 0.15) is 6.10 Å². The zero-order valence-corrected chi connectivity index (χ0v) is 11.0. The van der Waals surface area contributed by atoms with Crippen LogP contribution in [0, 0.1) is 0 Å². The first-order chi connectivity index (χ1) is 8.30. The van der Waals surface area contributed by atoms with Crippen LogP contribution in [0.5, 0.6) is 0 Å². The van der Waals surface area contributed by atoms with Gasteiger partial charge in [-0.15, -0.1) is 0 Å². The molecule has 18 heavy (non-hydrogen) atoms. The highest BCUT2D eigenvalue weighted by Gasteiger charge is 2.42. The van der Waals surface area contributed by atoms with E-state index < -0.39 is 15.9 Å². The van der Waals surface area contributed by atoms with Gasteiger partial charge in [-0.1, -0.05) is 12.1 Å². The predicted molar refractivity (Wildman–Crippen MR) is 65.7 cm³/mol. The standard InChI is InChI=1S/C12H15NO4S/c1-8(14)13-7-11(13)12(15)9-3-5-10(6-4-9)18(2,16)17/h3-6,11-12,15H,7H2,1-2H3. The van der Waals surface area contributed by atoms with Crippen molar-refractivity contribution in [3.8, 4) is 0 Å². The van der Waals surface area contributed by atoms with Crippen LogP contribution in [0.1, 0.15) is 18.6 Å². The van der Waals surface area contributed by atoms with Gasteiger partial charge >= 0.3 is 0 Å². The Morgan fingerprint density at radius 2 is 1.94 bits per heavy atom. The first-order valence-electron chi connectivity index (χ1n) is 5.56. The van der Waals surface area contributed by atoms with Crippen molar-refractivity contribution in [3.05, 3.63) is 29.8 Å². The third-order valence-corrected chi connectivity index (χ3v) is 4.20. The number of aliphatic hydroxyl groups is 1. The zero-order valence-electron chi connectivity index (χ0n) is 10.2. The lowest BCUT2D eigenvalue weighted by Gasteiger charge is -2.11. The number of amides is 1. The fraction of sp³-hybridized carbons (Fsp3) is 0.417. The van der Waals surface area contributed by atoms with Crippen LogP contribution in [-0.2, 0) is 14.6 Å². The Labute approximate surface area is 106 Å². The first-order valence-corrected chi connectivity index (χ1v) is 7.45. The van der Waals surface area contributed by atoms with E-state index in [-0.39, 0.29) is 16.8 Å². The highest BCUT2D eigenvalue weighted by Crippen LogP contribution is 2.31. The summed E-state index contributed by atoms with van der Waals surface area (Å²) < 4.78 is 22.6. The molecule has 6 heteroatoms. The summed E-state index contributed by atoms with van der Waals surface area (Å²) in [4.78, 5) is 12.9. The Morgan fingerprint density at radius 1 is 1.39 bits per heavy atom. The Morgan fingerprint density at radius 3 is 2.33 bits per heavy atom. The van der Waals surface area contributed by atoms with E-state index in [4.69, 9.17) is 0 Å². The molecule has 1 aliphatic heterocycles. The molecule has 1 saturated heterocycles. The molecule has 0 bridgehead atoms. The van der Waals surface area contributed by atoms with Crippen LogP contribution in [0.2, 0.25) is 0 Å². The maximum atomic E-state index is 11.3. The fourth-order valence-electron chi connectivity index (χ4n) is 1.92. The van der Waals surface area contributed by atoms with Crippen LogP contribution in [0.3, 0.4) is 0 Å². The molecule has 98 valence electrons. The molecule has 1 aromatic rings. The van der Waals surface area contributed by atoms with Crippen LogP contribution in [-0.4, -0.2) is 43.2 Å². The summed E-state index contributed by atoms with van der Waals surface area (Å²) in [5.74, 6) is -0.0631. The van der Waals surface area contributed by atoms with Crippen molar-refractivity contribution >= 4 is 15.7 Å². The number of carbonyl (C=O) groups is 1. The van der Waals surface area contributed by atoms with Gasteiger partial charge in [-0.25, -0.2) is 8.42 Å². The van der Waals surface area contributed by atoms with Crippen molar-refractivity contribution in [2.24, 2.45) is 0 Å². The molecule has 1 aromatic carbocycles. The molecule has 0 aliphatic carbocycles. The van der Waals surface area contributed by atoms with Gasteiger partial charge in [0.2, 0.25) is 5.91 Å². The number of hydrogen-bond acceptors (Lipinski definition) is 4. The molecule has 0 radical (unpaired) electrons.